The molecule has 3 rings (SSSR count). The molecule has 0 unspecified atom stereocenters. The number of carboxylic acids is 2. The average Bonchev–Trinajstić information content (AvgIpc) is 2.88. The number of hydrogen-bond acceptors (Lipinski definition) is 6. The maximum absolute atomic E-state index is 12.2. The van der Waals surface area contributed by atoms with Gasteiger partial charge in [-0.05, 0) is 25.4 Å². The lowest BCUT2D eigenvalue weighted by atomic mass is 9.88. The molecule has 1 aromatic rings. The number of nitrogens with one attached hydrogen (secondary N) is 1. The van der Waals surface area contributed by atoms with Crippen LogP contribution >= 0.6 is 11.8 Å². The fraction of sp³-hybridized carbons (Fsp3) is 0.714. The molecule has 0 spiro atoms. The van der Waals surface area contributed by atoms with Gasteiger partial charge in [-0.2, -0.15) is 5.10 Å². The van der Waals surface area contributed by atoms with E-state index in [1.807, 2.05) is 18.7 Å². The van der Waals surface area contributed by atoms with E-state index in [0.29, 0.717) is 24.7 Å². The van der Waals surface area contributed by atoms with Crippen LogP contribution in [-0.2, 0) is 9.59 Å². The molecular weight excluding hydrogens is 320 g/mol. The van der Waals surface area contributed by atoms with Crippen LogP contribution in [0.2, 0.25) is 0 Å². The SMILES string of the molecule is CCN(CC)[C@@]1(C(=O)O)C[C@H](Sc2ncn[nH]2)[C@H]2[C@H](C(=O)O)[C@H]21. The summed E-state index contributed by atoms with van der Waals surface area (Å²) < 4.78 is 0. The van der Waals surface area contributed by atoms with E-state index in [1.54, 1.807) is 0 Å². The van der Waals surface area contributed by atoms with Gasteiger partial charge < -0.3 is 10.2 Å². The maximum atomic E-state index is 12.2. The van der Waals surface area contributed by atoms with Crippen LogP contribution in [0.5, 0.6) is 0 Å². The number of fused-ring (bicyclic) bond motifs is 1. The van der Waals surface area contributed by atoms with E-state index in [4.69, 9.17) is 0 Å². The van der Waals surface area contributed by atoms with Gasteiger partial charge in [-0.3, -0.25) is 19.6 Å². The van der Waals surface area contributed by atoms with E-state index < -0.39 is 23.4 Å². The molecule has 3 N–H and O–H groups in total. The van der Waals surface area contributed by atoms with Gasteiger partial charge in [0.05, 0.1) is 5.92 Å². The van der Waals surface area contributed by atoms with E-state index in [2.05, 4.69) is 15.2 Å². The normalized spacial score (nSPS) is 35.3. The molecule has 0 aromatic carbocycles. The predicted molar refractivity (Wildman–Crippen MR) is 82.0 cm³/mol. The molecule has 2 saturated carbocycles. The van der Waals surface area contributed by atoms with Crippen molar-refractivity contribution in [2.75, 3.05) is 13.1 Å². The van der Waals surface area contributed by atoms with Gasteiger partial charge in [0.1, 0.15) is 11.9 Å². The zero-order chi connectivity index (χ0) is 16.8. The van der Waals surface area contributed by atoms with Crippen molar-refractivity contribution in [1.82, 2.24) is 20.1 Å². The molecule has 8 nitrogen and oxygen atoms in total. The molecular formula is C14H20N4O4S. The highest BCUT2D eigenvalue weighted by Crippen LogP contribution is 2.67. The van der Waals surface area contributed by atoms with Crippen molar-refractivity contribution in [2.45, 2.75) is 36.2 Å². The molecule has 0 amide bonds. The number of rotatable bonds is 7. The first-order chi connectivity index (χ1) is 11.0. The highest BCUT2D eigenvalue weighted by Gasteiger charge is 2.76. The minimum atomic E-state index is -1.10. The number of carboxylic acid groups (broad SMARTS) is 2. The standard InChI is InChI=1S/C14H20N4O4S/c1-3-18(4-2)14(12(21)22)5-7(23-13-15-6-16-17-13)8-9(10(8)14)11(19)20/h6-10H,3-5H2,1-2H3,(H,19,20)(H,21,22)(H,15,16,17)/t7-,8-,9-,10-,14-/m0/s1. The fourth-order valence-corrected chi connectivity index (χ4v) is 5.65. The molecule has 2 fully saturated rings. The van der Waals surface area contributed by atoms with Gasteiger partial charge in [-0.15, -0.1) is 0 Å². The molecule has 9 heteroatoms. The second kappa shape index (κ2) is 5.79. The molecule has 0 bridgehead atoms. The Hall–Kier alpha value is -1.61. The Morgan fingerprint density at radius 1 is 1.43 bits per heavy atom. The van der Waals surface area contributed by atoms with E-state index in [-0.39, 0.29) is 17.1 Å². The van der Waals surface area contributed by atoms with Crippen LogP contribution in [-0.4, -0.2) is 66.1 Å². The Labute approximate surface area is 137 Å². The molecule has 2 aliphatic rings. The van der Waals surface area contributed by atoms with Crippen LogP contribution in [0.3, 0.4) is 0 Å². The van der Waals surface area contributed by atoms with Crippen molar-refractivity contribution in [2.24, 2.45) is 17.8 Å². The molecule has 0 radical (unpaired) electrons. The van der Waals surface area contributed by atoms with Crippen molar-refractivity contribution < 1.29 is 19.8 Å². The third-order valence-corrected chi connectivity index (χ3v) is 6.41. The first-order valence-corrected chi connectivity index (χ1v) is 8.58. The largest absolute Gasteiger partial charge is 0.481 e. The molecule has 5 atom stereocenters. The second-order valence-corrected chi connectivity index (χ2v) is 7.25. The number of aliphatic carboxylic acids is 2. The minimum absolute atomic E-state index is 0.0919. The first kappa shape index (κ1) is 16.3. The van der Waals surface area contributed by atoms with Crippen molar-refractivity contribution in [3.63, 3.8) is 0 Å². The number of carbonyl (C=O) groups is 2. The monoisotopic (exact) mass is 340 g/mol. The second-order valence-electron chi connectivity index (χ2n) is 6.02. The van der Waals surface area contributed by atoms with E-state index in [9.17, 15) is 19.8 Å². The summed E-state index contributed by atoms with van der Waals surface area (Å²) in [5.41, 5.74) is -1.10. The summed E-state index contributed by atoms with van der Waals surface area (Å²) in [4.78, 5) is 29.7. The quantitative estimate of drug-likeness (QED) is 0.666. The molecule has 0 aliphatic heterocycles. The van der Waals surface area contributed by atoms with Crippen LogP contribution in [0.25, 0.3) is 0 Å². The number of aromatic nitrogens is 3. The van der Waals surface area contributed by atoms with Crippen molar-refractivity contribution >= 4 is 23.7 Å². The summed E-state index contributed by atoms with van der Waals surface area (Å²) in [5.74, 6) is -2.90. The molecule has 1 heterocycles. The van der Waals surface area contributed by atoms with Gasteiger partial charge in [-0.1, -0.05) is 25.6 Å². The number of H-pyrrole nitrogens is 1. The lowest BCUT2D eigenvalue weighted by Crippen LogP contribution is -2.56. The van der Waals surface area contributed by atoms with E-state index in [0.717, 1.165) is 0 Å². The predicted octanol–water partition coefficient (Wildman–Crippen LogP) is 0.781. The summed E-state index contributed by atoms with van der Waals surface area (Å²) in [6, 6.07) is 0. The highest BCUT2D eigenvalue weighted by atomic mass is 32.2. The molecule has 2 aliphatic carbocycles. The van der Waals surface area contributed by atoms with E-state index >= 15 is 0 Å². The number of likely N-dealkylation sites (N-methyl/N-ethyl adjacent to an activating group) is 1. The topological polar surface area (TPSA) is 119 Å². The van der Waals surface area contributed by atoms with Gasteiger partial charge in [-0.25, -0.2) is 4.98 Å². The lowest BCUT2D eigenvalue weighted by Gasteiger charge is -2.39. The summed E-state index contributed by atoms with van der Waals surface area (Å²) in [7, 11) is 0. The summed E-state index contributed by atoms with van der Waals surface area (Å²) in [6.07, 6.45) is 1.82. The smallest absolute Gasteiger partial charge is 0.324 e. The van der Waals surface area contributed by atoms with Gasteiger partial charge in [0.25, 0.3) is 0 Å². The Bertz CT molecular complexity index is 606. The molecule has 126 valence electrons. The van der Waals surface area contributed by atoms with Crippen LogP contribution in [0.1, 0.15) is 20.3 Å². The van der Waals surface area contributed by atoms with Crippen LogP contribution in [0.15, 0.2) is 11.5 Å². The third-order valence-electron chi connectivity index (χ3n) is 5.21. The van der Waals surface area contributed by atoms with Gasteiger partial charge >= 0.3 is 11.9 Å². The Morgan fingerprint density at radius 2 is 2.13 bits per heavy atom. The Kier molecular flexibility index (Phi) is 4.09. The van der Waals surface area contributed by atoms with Gasteiger partial charge in [0, 0.05) is 11.2 Å². The first-order valence-electron chi connectivity index (χ1n) is 7.70. The zero-order valence-electron chi connectivity index (χ0n) is 13.0. The lowest BCUT2D eigenvalue weighted by molar-refractivity contribution is -0.154. The number of aromatic amines is 1. The summed E-state index contributed by atoms with van der Waals surface area (Å²) in [6.45, 7) is 4.99. The molecule has 0 saturated heterocycles. The van der Waals surface area contributed by atoms with Gasteiger partial charge in [0.2, 0.25) is 0 Å². The minimum Gasteiger partial charge on any atom is -0.481 e. The Morgan fingerprint density at radius 3 is 2.61 bits per heavy atom. The zero-order valence-corrected chi connectivity index (χ0v) is 13.8. The van der Waals surface area contributed by atoms with Gasteiger partial charge in [0.15, 0.2) is 5.16 Å². The molecule has 1 aromatic heterocycles. The van der Waals surface area contributed by atoms with E-state index in [1.165, 1.54) is 18.1 Å². The average molecular weight is 340 g/mol. The maximum Gasteiger partial charge on any atom is 0.324 e. The Balaban J connectivity index is 1.94. The number of nitrogens with zero attached hydrogens (tertiary/aromatic N) is 3. The van der Waals surface area contributed by atoms with Crippen LogP contribution < -0.4 is 0 Å². The van der Waals surface area contributed by atoms with Crippen LogP contribution in [0, 0.1) is 17.8 Å². The highest BCUT2D eigenvalue weighted by molar-refractivity contribution is 7.99. The summed E-state index contributed by atoms with van der Waals surface area (Å²) >= 11 is 1.40. The van der Waals surface area contributed by atoms with Crippen LogP contribution in [0.4, 0.5) is 0 Å². The van der Waals surface area contributed by atoms with Crippen molar-refractivity contribution in [3.8, 4) is 0 Å². The summed E-state index contributed by atoms with van der Waals surface area (Å²) in [5, 5.41) is 26.5. The fourth-order valence-electron chi connectivity index (χ4n) is 4.32. The van der Waals surface area contributed by atoms with Crippen molar-refractivity contribution in [1.29, 1.82) is 0 Å². The third kappa shape index (κ3) is 2.33. The number of thioether (sulfide) groups is 1. The van der Waals surface area contributed by atoms with Crippen molar-refractivity contribution in [3.05, 3.63) is 6.33 Å². The number of hydrogen-bond donors (Lipinski definition) is 3. The molecule has 23 heavy (non-hydrogen) atoms.